The third-order valence-electron chi connectivity index (χ3n) is 5.01. The van der Waals surface area contributed by atoms with Gasteiger partial charge < -0.3 is 9.47 Å². The van der Waals surface area contributed by atoms with Crippen molar-refractivity contribution >= 4 is 20.0 Å². The molecule has 0 aliphatic carbocycles. The quantitative estimate of drug-likeness (QED) is 0.731. The molecule has 0 unspecified atom stereocenters. The summed E-state index contributed by atoms with van der Waals surface area (Å²) in [5.41, 5.74) is 0.864. The minimum atomic E-state index is -3.78. The minimum absolute atomic E-state index is 0.0615. The number of rotatable bonds is 4. The Morgan fingerprint density at radius 3 is 2.07 bits per heavy atom. The van der Waals surface area contributed by atoms with E-state index in [9.17, 15) is 16.8 Å². The number of hydrogen-bond donors (Lipinski definition) is 1. The number of nitrogens with zero attached hydrogens (tertiary/aromatic N) is 3. The van der Waals surface area contributed by atoms with Gasteiger partial charge in [0.15, 0.2) is 11.5 Å². The number of H-pyrrole nitrogens is 1. The van der Waals surface area contributed by atoms with Crippen LogP contribution in [0, 0.1) is 13.8 Å². The van der Waals surface area contributed by atoms with Crippen molar-refractivity contribution in [2.24, 2.45) is 0 Å². The number of aromatic nitrogens is 2. The smallest absolute Gasteiger partial charge is 0.246 e. The van der Waals surface area contributed by atoms with Crippen LogP contribution < -0.4 is 9.47 Å². The van der Waals surface area contributed by atoms with Gasteiger partial charge >= 0.3 is 0 Å². The summed E-state index contributed by atoms with van der Waals surface area (Å²) < 4.78 is 65.4. The van der Waals surface area contributed by atoms with Gasteiger partial charge in [-0.2, -0.15) is 13.7 Å². The molecule has 1 fully saturated rings. The van der Waals surface area contributed by atoms with Gasteiger partial charge in [-0.25, -0.2) is 16.8 Å². The van der Waals surface area contributed by atoms with Gasteiger partial charge in [0.2, 0.25) is 20.0 Å². The highest BCUT2D eigenvalue weighted by Crippen LogP contribution is 2.33. The van der Waals surface area contributed by atoms with Gasteiger partial charge in [0.1, 0.15) is 18.1 Å². The molecule has 1 aromatic carbocycles. The summed E-state index contributed by atoms with van der Waals surface area (Å²) in [7, 11) is -7.52. The van der Waals surface area contributed by atoms with Crippen LogP contribution in [0.25, 0.3) is 0 Å². The number of benzene rings is 1. The summed E-state index contributed by atoms with van der Waals surface area (Å²) in [4.78, 5) is 0.250. The van der Waals surface area contributed by atoms with Crippen molar-refractivity contribution in [2.45, 2.75) is 23.6 Å². The standard InChI is InChI=1S/C17H22N4O6S2/c1-12-17(13(2)19-18-12)29(24,25)21-7-5-20(6-8-21)28(22,23)14-3-4-15-16(11-14)27-10-9-26-15/h3-4,11H,5-10H2,1-2H3,(H,18,19). The predicted octanol–water partition coefficient (Wildman–Crippen LogP) is 0.493. The molecule has 4 rings (SSSR count). The zero-order valence-corrected chi connectivity index (χ0v) is 17.7. The largest absolute Gasteiger partial charge is 0.486 e. The van der Waals surface area contributed by atoms with E-state index in [0.29, 0.717) is 36.1 Å². The second-order valence-corrected chi connectivity index (χ2v) is 10.7. The van der Waals surface area contributed by atoms with Gasteiger partial charge in [-0.3, -0.25) is 5.10 Å². The lowest BCUT2D eigenvalue weighted by molar-refractivity contribution is 0.171. The fraction of sp³-hybridized carbons (Fsp3) is 0.471. The normalized spacial score (nSPS) is 18.7. The Balaban J connectivity index is 1.52. The molecule has 0 amide bonds. The predicted molar refractivity (Wildman–Crippen MR) is 103 cm³/mol. The maximum absolute atomic E-state index is 13.0. The van der Waals surface area contributed by atoms with E-state index in [2.05, 4.69) is 10.2 Å². The Hall–Kier alpha value is -2.15. The van der Waals surface area contributed by atoms with Crippen molar-refractivity contribution in [1.29, 1.82) is 0 Å². The average molecular weight is 443 g/mol. The van der Waals surface area contributed by atoms with Crippen molar-refractivity contribution in [3.8, 4) is 11.5 Å². The Bertz CT molecular complexity index is 1120. The highest BCUT2D eigenvalue weighted by molar-refractivity contribution is 7.89. The van der Waals surface area contributed by atoms with E-state index in [4.69, 9.17) is 9.47 Å². The molecule has 158 valence electrons. The molecular formula is C17H22N4O6S2. The van der Waals surface area contributed by atoms with Gasteiger partial charge in [0.25, 0.3) is 0 Å². The highest BCUT2D eigenvalue weighted by atomic mass is 32.2. The average Bonchev–Trinajstić information content (AvgIpc) is 3.06. The van der Waals surface area contributed by atoms with Crippen LogP contribution >= 0.6 is 0 Å². The first kappa shape index (κ1) is 20.1. The molecule has 1 N–H and O–H groups in total. The van der Waals surface area contributed by atoms with Crippen LogP contribution in [0.4, 0.5) is 0 Å². The minimum Gasteiger partial charge on any atom is -0.486 e. The van der Waals surface area contributed by atoms with E-state index in [0.717, 1.165) is 0 Å². The second kappa shape index (κ2) is 7.27. The fourth-order valence-electron chi connectivity index (χ4n) is 3.53. The van der Waals surface area contributed by atoms with Crippen LogP contribution in [0.15, 0.2) is 28.0 Å². The van der Waals surface area contributed by atoms with Gasteiger partial charge in [0.05, 0.1) is 16.3 Å². The van der Waals surface area contributed by atoms with Gasteiger partial charge in [0, 0.05) is 32.2 Å². The number of hydrogen-bond acceptors (Lipinski definition) is 7. The van der Waals surface area contributed by atoms with Crippen molar-refractivity contribution < 1.29 is 26.3 Å². The maximum atomic E-state index is 13.0. The fourth-order valence-corrected chi connectivity index (χ4v) is 6.73. The summed E-state index contributed by atoms with van der Waals surface area (Å²) in [5.74, 6) is 0.904. The summed E-state index contributed by atoms with van der Waals surface area (Å²) in [6.45, 7) is 4.31. The summed E-state index contributed by atoms with van der Waals surface area (Å²) in [6, 6.07) is 4.50. The van der Waals surface area contributed by atoms with Crippen molar-refractivity contribution in [3.05, 3.63) is 29.6 Å². The molecule has 0 spiro atoms. The SMILES string of the molecule is Cc1n[nH]c(C)c1S(=O)(=O)N1CCN(S(=O)(=O)c2ccc3c(c2)OCCO3)CC1. The van der Waals surface area contributed by atoms with Crippen LogP contribution in [0.1, 0.15) is 11.4 Å². The van der Waals surface area contributed by atoms with Crippen LogP contribution in [-0.4, -0.2) is 75.0 Å². The first-order valence-corrected chi connectivity index (χ1v) is 12.0. The first-order chi connectivity index (χ1) is 13.7. The number of ether oxygens (including phenoxy) is 2. The number of nitrogens with one attached hydrogen (secondary N) is 1. The number of aryl methyl sites for hydroxylation is 2. The number of sulfonamides is 2. The topological polar surface area (TPSA) is 122 Å². The maximum Gasteiger partial charge on any atom is 0.246 e. The molecule has 2 aliphatic rings. The highest BCUT2D eigenvalue weighted by Gasteiger charge is 2.36. The van der Waals surface area contributed by atoms with E-state index < -0.39 is 20.0 Å². The Morgan fingerprint density at radius 2 is 1.48 bits per heavy atom. The van der Waals surface area contributed by atoms with E-state index in [1.807, 2.05) is 0 Å². The monoisotopic (exact) mass is 442 g/mol. The molecular weight excluding hydrogens is 420 g/mol. The van der Waals surface area contributed by atoms with E-state index in [1.165, 1.54) is 20.7 Å². The molecule has 0 bridgehead atoms. The number of aromatic amines is 1. The van der Waals surface area contributed by atoms with Gasteiger partial charge in [-0.1, -0.05) is 0 Å². The molecule has 0 saturated carbocycles. The molecule has 12 heteroatoms. The molecule has 3 heterocycles. The Kier molecular flexibility index (Phi) is 5.05. The van der Waals surface area contributed by atoms with Crippen LogP contribution in [0.3, 0.4) is 0 Å². The molecule has 1 aromatic heterocycles. The number of fused-ring (bicyclic) bond motifs is 1. The van der Waals surface area contributed by atoms with Crippen LogP contribution in [0.2, 0.25) is 0 Å². The number of piperazine rings is 1. The Labute approximate surface area is 169 Å². The van der Waals surface area contributed by atoms with Crippen molar-refractivity contribution in [1.82, 2.24) is 18.8 Å². The van der Waals surface area contributed by atoms with Crippen LogP contribution in [-0.2, 0) is 20.0 Å². The van der Waals surface area contributed by atoms with E-state index in [-0.39, 0.29) is 36.0 Å². The van der Waals surface area contributed by atoms with E-state index in [1.54, 1.807) is 19.9 Å². The van der Waals surface area contributed by atoms with Gasteiger partial charge in [-0.15, -0.1) is 0 Å². The summed E-state index contributed by atoms with van der Waals surface area (Å²) in [5, 5.41) is 6.62. The van der Waals surface area contributed by atoms with Gasteiger partial charge in [-0.05, 0) is 26.0 Å². The molecule has 1 saturated heterocycles. The first-order valence-electron chi connectivity index (χ1n) is 9.13. The molecule has 10 nitrogen and oxygen atoms in total. The third kappa shape index (κ3) is 3.50. The van der Waals surface area contributed by atoms with Crippen molar-refractivity contribution in [3.63, 3.8) is 0 Å². The third-order valence-corrected chi connectivity index (χ3v) is 9.06. The summed E-state index contributed by atoms with van der Waals surface area (Å²) in [6.07, 6.45) is 0. The summed E-state index contributed by atoms with van der Waals surface area (Å²) >= 11 is 0. The lowest BCUT2D eigenvalue weighted by Crippen LogP contribution is -2.50. The molecule has 2 aromatic rings. The van der Waals surface area contributed by atoms with Crippen molar-refractivity contribution in [2.75, 3.05) is 39.4 Å². The molecule has 0 atom stereocenters. The molecule has 2 aliphatic heterocycles. The lowest BCUT2D eigenvalue weighted by atomic mass is 10.3. The zero-order valence-electron chi connectivity index (χ0n) is 16.1. The molecule has 0 radical (unpaired) electrons. The Morgan fingerprint density at radius 1 is 0.897 bits per heavy atom. The van der Waals surface area contributed by atoms with E-state index >= 15 is 0 Å². The zero-order chi connectivity index (χ0) is 20.8. The molecule has 29 heavy (non-hydrogen) atoms. The lowest BCUT2D eigenvalue weighted by Gasteiger charge is -2.33. The second-order valence-electron chi connectivity index (χ2n) is 6.88. The van der Waals surface area contributed by atoms with Crippen LogP contribution in [0.5, 0.6) is 11.5 Å².